The van der Waals surface area contributed by atoms with E-state index in [-0.39, 0.29) is 11.8 Å². The summed E-state index contributed by atoms with van der Waals surface area (Å²) in [7, 11) is 3.50. The van der Waals surface area contributed by atoms with Crippen LogP contribution in [0.25, 0.3) is 27.4 Å². The fourth-order valence-corrected chi connectivity index (χ4v) is 4.36. The number of anilines is 1. The lowest BCUT2D eigenvalue weighted by atomic mass is 10.1. The highest BCUT2D eigenvalue weighted by Gasteiger charge is 2.36. The third-order valence-electron chi connectivity index (χ3n) is 5.88. The number of benzene rings is 2. The maximum atomic E-state index is 13.5. The van der Waals surface area contributed by atoms with Gasteiger partial charge in [0.25, 0.3) is 11.8 Å². The van der Waals surface area contributed by atoms with Crippen molar-refractivity contribution in [3.05, 3.63) is 66.5 Å². The fraction of sp³-hybridized carbons (Fsp3) is 0.160. The summed E-state index contributed by atoms with van der Waals surface area (Å²) in [5, 5.41) is 10.7. The van der Waals surface area contributed by atoms with E-state index in [4.69, 9.17) is 10.00 Å². The molecule has 5 rings (SSSR count). The van der Waals surface area contributed by atoms with E-state index in [0.717, 1.165) is 27.4 Å². The molecule has 0 atom stereocenters. The van der Waals surface area contributed by atoms with Crippen LogP contribution in [0.4, 0.5) is 5.69 Å². The van der Waals surface area contributed by atoms with E-state index in [2.05, 4.69) is 6.07 Å². The topological polar surface area (TPSA) is 80.3 Å². The highest BCUT2D eigenvalue weighted by atomic mass is 16.5. The summed E-state index contributed by atoms with van der Waals surface area (Å²) in [5.74, 6) is -0.0800. The van der Waals surface area contributed by atoms with Crippen molar-refractivity contribution in [3.63, 3.8) is 0 Å². The molecule has 32 heavy (non-hydrogen) atoms. The molecule has 1 aliphatic heterocycles. The first-order chi connectivity index (χ1) is 15.5. The standard InChI is InChI=1S/C25H20N4O3/c1-27-14-20(17-6-3-4-7-21(17)27)19-13-24(30)29(25(19)31)23-15-28(11-5-10-26)22-12-16(32-2)8-9-18(22)23/h3-4,6-9,12-15H,5,11H2,1-2H3. The second-order valence-electron chi connectivity index (χ2n) is 7.71. The molecule has 7 nitrogen and oxygen atoms in total. The van der Waals surface area contributed by atoms with E-state index >= 15 is 0 Å². The number of hydrogen-bond acceptors (Lipinski definition) is 4. The number of methoxy groups -OCH3 is 1. The van der Waals surface area contributed by atoms with Gasteiger partial charge >= 0.3 is 0 Å². The number of fused-ring (bicyclic) bond motifs is 2. The number of nitrogens with zero attached hydrogens (tertiary/aromatic N) is 4. The van der Waals surface area contributed by atoms with Gasteiger partial charge in [-0.15, -0.1) is 0 Å². The fourth-order valence-electron chi connectivity index (χ4n) is 4.36. The zero-order chi connectivity index (χ0) is 22.4. The first-order valence-corrected chi connectivity index (χ1v) is 10.2. The van der Waals surface area contributed by atoms with Crippen LogP contribution in [0.15, 0.2) is 60.9 Å². The summed E-state index contributed by atoms with van der Waals surface area (Å²) >= 11 is 0. The van der Waals surface area contributed by atoms with Crippen LogP contribution in [0.5, 0.6) is 5.75 Å². The SMILES string of the molecule is COc1ccc2c(N3C(=O)C=C(c4cn(C)c5ccccc45)C3=O)cn(CCC#N)c2c1. The largest absolute Gasteiger partial charge is 0.497 e. The Kier molecular flexibility index (Phi) is 4.56. The van der Waals surface area contributed by atoms with Crippen LogP contribution in [0.1, 0.15) is 12.0 Å². The molecule has 3 heterocycles. The molecule has 4 aromatic rings. The molecule has 0 saturated carbocycles. The molecule has 0 fully saturated rings. The Bertz CT molecular complexity index is 1480. The number of amides is 2. The summed E-state index contributed by atoms with van der Waals surface area (Å²) in [6.07, 6.45) is 5.36. The molecular weight excluding hydrogens is 404 g/mol. The number of aryl methyl sites for hydroxylation is 2. The number of aromatic nitrogens is 2. The minimum Gasteiger partial charge on any atom is -0.497 e. The third-order valence-corrected chi connectivity index (χ3v) is 5.88. The number of carbonyl (C=O) groups excluding carboxylic acids is 2. The molecule has 0 radical (unpaired) electrons. The van der Waals surface area contributed by atoms with Gasteiger partial charge in [-0.3, -0.25) is 9.59 Å². The van der Waals surface area contributed by atoms with Crippen molar-refractivity contribution >= 4 is 44.9 Å². The van der Waals surface area contributed by atoms with Crippen LogP contribution >= 0.6 is 0 Å². The van der Waals surface area contributed by atoms with E-state index < -0.39 is 0 Å². The molecule has 2 aromatic heterocycles. The van der Waals surface area contributed by atoms with Crippen molar-refractivity contribution in [2.24, 2.45) is 7.05 Å². The van der Waals surface area contributed by atoms with Gasteiger partial charge in [-0.1, -0.05) is 18.2 Å². The smallest absolute Gasteiger partial charge is 0.266 e. The van der Waals surface area contributed by atoms with E-state index in [9.17, 15) is 9.59 Å². The Labute approximate surface area is 184 Å². The van der Waals surface area contributed by atoms with E-state index in [1.165, 1.54) is 11.0 Å². The predicted molar refractivity (Wildman–Crippen MR) is 122 cm³/mol. The van der Waals surface area contributed by atoms with Gasteiger partial charge in [0.2, 0.25) is 0 Å². The first kappa shape index (κ1) is 19.6. The average molecular weight is 424 g/mol. The van der Waals surface area contributed by atoms with Gasteiger partial charge < -0.3 is 13.9 Å². The zero-order valence-corrected chi connectivity index (χ0v) is 17.7. The molecule has 0 unspecified atom stereocenters. The molecule has 158 valence electrons. The summed E-state index contributed by atoms with van der Waals surface area (Å²) in [6.45, 7) is 0.444. The Morgan fingerprint density at radius 3 is 2.62 bits per heavy atom. The van der Waals surface area contributed by atoms with E-state index in [1.54, 1.807) is 19.4 Å². The Balaban J connectivity index is 1.61. The number of carbonyl (C=O) groups is 2. The first-order valence-electron chi connectivity index (χ1n) is 10.2. The minimum atomic E-state index is -0.381. The molecule has 7 heteroatoms. The summed E-state index contributed by atoms with van der Waals surface area (Å²) in [5.41, 5.74) is 3.40. The molecule has 2 aromatic carbocycles. The number of para-hydroxylation sites is 1. The molecule has 2 amide bonds. The van der Waals surface area contributed by atoms with E-state index in [1.807, 2.05) is 58.8 Å². The molecular formula is C25H20N4O3. The predicted octanol–water partition coefficient (Wildman–Crippen LogP) is 4.01. The molecule has 0 spiro atoms. The lowest BCUT2D eigenvalue weighted by molar-refractivity contribution is -0.119. The summed E-state index contributed by atoms with van der Waals surface area (Å²) < 4.78 is 9.17. The summed E-state index contributed by atoms with van der Waals surface area (Å²) in [6, 6.07) is 15.4. The molecule has 0 bridgehead atoms. The van der Waals surface area contributed by atoms with Crippen molar-refractivity contribution in [2.45, 2.75) is 13.0 Å². The zero-order valence-electron chi connectivity index (χ0n) is 17.7. The maximum absolute atomic E-state index is 13.5. The number of ether oxygens (including phenoxy) is 1. The second-order valence-corrected chi connectivity index (χ2v) is 7.71. The lowest BCUT2D eigenvalue weighted by Gasteiger charge is -2.14. The van der Waals surface area contributed by atoms with Crippen LogP contribution < -0.4 is 9.64 Å². The molecule has 0 aliphatic carbocycles. The van der Waals surface area contributed by atoms with Gasteiger partial charge in [0.05, 0.1) is 36.4 Å². The highest BCUT2D eigenvalue weighted by molar-refractivity contribution is 6.45. The van der Waals surface area contributed by atoms with Crippen LogP contribution in [-0.4, -0.2) is 28.1 Å². The Morgan fingerprint density at radius 2 is 1.84 bits per heavy atom. The van der Waals surface area contributed by atoms with Crippen molar-refractivity contribution < 1.29 is 14.3 Å². The van der Waals surface area contributed by atoms with Gasteiger partial charge in [0.1, 0.15) is 5.75 Å². The van der Waals surface area contributed by atoms with Crippen molar-refractivity contribution in [1.82, 2.24) is 9.13 Å². The lowest BCUT2D eigenvalue weighted by Crippen LogP contribution is -2.30. The van der Waals surface area contributed by atoms with Gasteiger partial charge in [0.15, 0.2) is 0 Å². The van der Waals surface area contributed by atoms with E-state index in [0.29, 0.717) is 30.0 Å². The number of rotatable bonds is 5. The number of imide groups is 1. The number of hydrogen-bond donors (Lipinski definition) is 0. The molecule has 0 N–H and O–H groups in total. The Morgan fingerprint density at radius 1 is 1.03 bits per heavy atom. The van der Waals surface area contributed by atoms with Crippen LogP contribution in [0.2, 0.25) is 0 Å². The number of nitriles is 1. The summed E-state index contributed by atoms with van der Waals surface area (Å²) in [4.78, 5) is 27.8. The van der Waals surface area contributed by atoms with Crippen molar-refractivity contribution in [2.75, 3.05) is 12.0 Å². The highest BCUT2D eigenvalue weighted by Crippen LogP contribution is 2.38. The maximum Gasteiger partial charge on any atom is 0.266 e. The normalized spacial score (nSPS) is 13.8. The van der Waals surface area contributed by atoms with Gasteiger partial charge in [-0.05, 0) is 18.2 Å². The van der Waals surface area contributed by atoms with Gasteiger partial charge in [0, 0.05) is 60.0 Å². The van der Waals surface area contributed by atoms with Crippen molar-refractivity contribution in [3.8, 4) is 11.8 Å². The molecule has 1 aliphatic rings. The van der Waals surface area contributed by atoms with Crippen molar-refractivity contribution in [1.29, 1.82) is 5.26 Å². The quantitative estimate of drug-likeness (QED) is 0.454. The van der Waals surface area contributed by atoms with Crippen LogP contribution in [0, 0.1) is 11.3 Å². The van der Waals surface area contributed by atoms with Gasteiger partial charge in [-0.2, -0.15) is 5.26 Å². The molecule has 0 saturated heterocycles. The average Bonchev–Trinajstić information content (AvgIpc) is 3.43. The third kappa shape index (κ3) is 2.88. The van der Waals surface area contributed by atoms with Gasteiger partial charge in [-0.25, -0.2) is 4.90 Å². The second kappa shape index (κ2) is 7.43. The Hall–Kier alpha value is -4.31. The minimum absolute atomic E-state index is 0.307. The monoisotopic (exact) mass is 424 g/mol. The van der Waals surface area contributed by atoms with Crippen LogP contribution in [-0.2, 0) is 23.2 Å². The van der Waals surface area contributed by atoms with Crippen LogP contribution in [0.3, 0.4) is 0 Å².